The Morgan fingerprint density at radius 2 is 1.62 bits per heavy atom. The van der Waals surface area contributed by atoms with E-state index in [-0.39, 0.29) is 24.1 Å². The number of hydrogen-bond acceptors (Lipinski definition) is 3. The van der Waals surface area contributed by atoms with Gasteiger partial charge in [-0.05, 0) is 80.5 Å². The summed E-state index contributed by atoms with van der Waals surface area (Å²) in [5, 5.41) is 0. The van der Waals surface area contributed by atoms with Crippen LogP contribution in [0.5, 0.6) is 0 Å². The highest BCUT2D eigenvalue weighted by Gasteiger charge is 2.45. The van der Waals surface area contributed by atoms with Crippen molar-refractivity contribution >= 4 is 34.6 Å². The first-order valence-corrected chi connectivity index (χ1v) is 9.38. The van der Waals surface area contributed by atoms with E-state index in [1.165, 1.54) is 0 Å². The van der Waals surface area contributed by atoms with Gasteiger partial charge in [0.1, 0.15) is 5.60 Å². The molecule has 2 atom stereocenters. The first-order chi connectivity index (χ1) is 11.2. The molecule has 1 aromatic rings. The molecular weight excluding hydrogens is 419 g/mol. The molecule has 0 aliphatic carbocycles. The van der Waals surface area contributed by atoms with Crippen molar-refractivity contribution in [3.05, 3.63) is 33.4 Å². The van der Waals surface area contributed by atoms with E-state index >= 15 is 0 Å². The Morgan fingerprint density at radius 3 is 2.12 bits per heavy atom. The third kappa shape index (κ3) is 3.68. The van der Waals surface area contributed by atoms with Crippen LogP contribution in [0.2, 0.25) is 0 Å². The van der Waals surface area contributed by atoms with E-state index in [4.69, 9.17) is 4.74 Å². The van der Waals surface area contributed by atoms with Crippen LogP contribution in [-0.2, 0) is 4.74 Å². The first kappa shape index (κ1) is 17.5. The van der Waals surface area contributed by atoms with Crippen molar-refractivity contribution in [2.24, 2.45) is 0 Å². The van der Waals surface area contributed by atoms with Crippen molar-refractivity contribution in [3.8, 4) is 0 Å². The normalized spacial score (nSPS) is 23.3. The minimum atomic E-state index is -0.495. The molecule has 0 saturated carbocycles. The molecule has 0 aromatic heterocycles. The lowest BCUT2D eigenvalue weighted by molar-refractivity contribution is -0.00335. The maximum atomic E-state index is 12.7. The second-order valence-corrected chi connectivity index (χ2v) is 8.74. The molecule has 2 amide bonds. The van der Waals surface area contributed by atoms with Gasteiger partial charge >= 0.3 is 6.09 Å². The number of carbonyl (C=O) groups is 2. The summed E-state index contributed by atoms with van der Waals surface area (Å²) in [6.45, 7) is 6.80. The van der Waals surface area contributed by atoms with Gasteiger partial charge in [0.2, 0.25) is 0 Å². The topological polar surface area (TPSA) is 49.9 Å². The fourth-order valence-corrected chi connectivity index (χ4v) is 3.82. The predicted molar refractivity (Wildman–Crippen MR) is 99.9 cm³/mol. The van der Waals surface area contributed by atoms with Crippen LogP contribution < -0.4 is 0 Å². The minimum absolute atomic E-state index is 0.0483. The third-order valence-electron chi connectivity index (χ3n) is 4.46. The minimum Gasteiger partial charge on any atom is -0.444 e. The van der Waals surface area contributed by atoms with E-state index in [1.807, 2.05) is 54.8 Å². The van der Waals surface area contributed by atoms with E-state index < -0.39 is 5.60 Å². The molecule has 2 unspecified atom stereocenters. The standard InChI is InChI=1S/C18H23IN2O3/c1-18(2,3)24-17(23)21-14-8-9-15(21)11-20(10-14)16(22)12-4-6-13(19)7-5-12/h4-7,14-15H,8-11H2,1-3H3. The number of ether oxygens (including phenoxy) is 1. The number of amides is 2. The Morgan fingerprint density at radius 1 is 1.08 bits per heavy atom. The maximum absolute atomic E-state index is 12.7. The number of fused-ring (bicyclic) bond motifs is 2. The molecule has 2 fully saturated rings. The number of halogens is 1. The molecule has 2 bridgehead atoms. The Kier molecular flexibility index (Phi) is 4.77. The predicted octanol–water partition coefficient (Wildman–Crippen LogP) is 3.52. The van der Waals surface area contributed by atoms with Crippen LogP contribution >= 0.6 is 22.6 Å². The van der Waals surface area contributed by atoms with E-state index in [2.05, 4.69) is 22.6 Å². The zero-order chi connectivity index (χ0) is 17.5. The van der Waals surface area contributed by atoms with Gasteiger partial charge < -0.3 is 9.64 Å². The van der Waals surface area contributed by atoms with E-state index in [0.29, 0.717) is 18.7 Å². The highest BCUT2D eigenvalue weighted by atomic mass is 127. The molecule has 0 spiro atoms. The van der Waals surface area contributed by atoms with Gasteiger partial charge in [0, 0.05) is 22.2 Å². The highest BCUT2D eigenvalue weighted by Crippen LogP contribution is 2.32. The molecular formula is C18H23IN2O3. The average molecular weight is 442 g/mol. The van der Waals surface area contributed by atoms with Crippen molar-refractivity contribution in [1.29, 1.82) is 0 Å². The summed E-state index contributed by atoms with van der Waals surface area (Å²) in [4.78, 5) is 28.9. The Labute approximate surface area is 156 Å². The number of nitrogens with zero attached hydrogens (tertiary/aromatic N) is 2. The van der Waals surface area contributed by atoms with E-state index in [0.717, 1.165) is 16.4 Å². The number of carbonyl (C=O) groups excluding carboxylic acids is 2. The maximum Gasteiger partial charge on any atom is 0.410 e. The summed E-state index contributed by atoms with van der Waals surface area (Å²) in [7, 11) is 0. The van der Waals surface area contributed by atoms with Crippen molar-refractivity contribution in [1.82, 2.24) is 9.80 Å². The highest BCUT2D eigenvalue weighted by molar-refractivity contribution is 14.1. The number of piperazine rings is 1. The van der Waals surface area contributed by atoms with Gasteiger partial charge in [0.25, 0.3) is 5.91 Å². The quantitative estimate of drug-likeness (QED) is 0.626. The summed E-state index contributed by atoms with van der Waals surface area (Å²) in [5.41, 5.74) is 0.213. The van der Waals surface area contributed by atoms with Crippen molar-refractivity contribution in [3.63, 3.8) is 0 Å². The van der Waals surface area contributed by atoms with Crippen LogP contribution in [-0.4, -0.2) is 52.6 Å². The molecule has 2 aliphatic heterocycles. The van der Waals surface area contributed by atoms with Gasteiger partial charge in [-0.15, -0.1) is 0 Å². The molecule has 3 rings (SSSR count). The Bertz CT molecular complexity index is 625. The number of rotatable bonds is 1. The zero-order valence-electron chi connectivity index (χ0n) is 14.3. The first-order valence-electron chi connectivity index (χ1n) is 8.31. The summed E-state index contributed by atoms with van der Waals surface area (Å²) in [5.74, 6) is 0.0483. The molecule has 5 nitrogen and oxygen atoms in total. The SMILES string of the molecule is CC(C)(C)OC(=O)N1C2CCC1CN(C(=O)c1ccc(I)cc1)C2. The molecule has 1 aromatic carbocycles. The second-order valence-electron chi connectivity index (χ2n) is 7.49. The zero-order valence-corrected chi connectivity index (χ0v) is 16.4. The lowest BCUT2D eigenvalue weighted by Gasteiger charge is -2.41. The second kappa shape index (κ2) is 6.54. The van der Waals surface area contributed by atoms with Crippen LogP contribution in [0.1, 0.15) is 44.0 Å². The molecule has 130 valence electrons. The lowest BCUT2D eigenvalue weighted by atomic mass is 10.1. The number of benzene rings is 1. The van der Waals surface area contributed by atoms with Crippen molar-refractivity contribution in [2.45, 2.75) is 51.3 Å². The van der Waals surface area contributed by atoms with Crippen LogP contribution in [0.4, 0.5) is 4.79 Å². The van der Waals surface area contributed by atoms with Gasteiger partial charge in [-0.3, -0.25) is 9.69 Å². The fourth-order valence-electron chi connectivity index (χ4n) is 3.46. The molecule has 0 radical (unpaired) electrons. The van der Waals surface area contributed by atoms with E-state index in [9.17, 15) is 9.59 Å². The number of hydrogen-bond donors (Lipinski definition) is 0. The summed E-state index contributed by atoms with van der Waals surface area (Å²) >= 11 is 2.23. The molecule has 6 heteroatoms. The van der Waals surface area contributed by atoms with Crippen LogP contribution in [0.15, 0.2) is 24.3 Å². The van der Waals surface area contributed by atoms with Crippen LogP contribution in [0.3, 0.4) is 0 Å². The average Bonchev–Trinajstić information content (AvgIpc) is 2.76. The van der Waals surface area contributed by atoms with Gasteiger partial charge in [0.05, 0.1) is 12.1 Å². The van der Waals surface area contributed by atoms with Gasteiger partial charge in [0.15, 0.2) is 0 Å². The van der Waals surface area contributed by atoms with Gasteiger partial charge in [-0.2, -0.15) is 0 Å². The van der Waals surface area contributed by atoms with Gasteiger partial charge in [-0.1, -0.05) is 0 Å². The summed E-state index contributed by atoms with van der Waals surface area (Å²) in [6, 6.07) is 7.75. The summed E-state index contributed by atoms with van der Waals surface area (Å²) in [6.07, 6.45) is 1.61. The summed E-state index contributed by atoms with van der Waals surface area (Å²) < 4.78 is 6.64. The molecule has 2 heterocycles. The molecule has 2 aliphatic rings. The molecule has 0 N–H and O–H groups in total. The Balaban J connectivity index is 1.70. The largest absolute Gasteiger partial charge is 0.444 e. The Hall–Kier alpha value is -1.31. The van der Waals surface area contributed by atoms with Crippen molar-refractivity contribution in [2.75, 3.05) is 13.1 Å². The lowest BCUT2D eigenvalue weighted by Crippen LogP contribution is -2.57. The van der Waals surface area contributed by atoms with Crippen LogP contribution in [0, 0.1) is 3.57 Å². The molecule has 2 saturated heterocycles. The third-order valence-corrected chi connectivity index (χ3v) is 5.18. The van der Waals surface area contributed by atoms with Crippen LogP contribution in [0.25, 0.3) is 0 Å². The monoisotopic (exact) mass is 442 g/mol. The van der Waals surface area contributed by atoms with Crippen molar-refractivity contribution < 1.29 is 14.3 Å². The van der Waals surface area contributed by atoms with Gasteiger partial charge in [-0.25, -0.2) is 4.79 Å². The smallest absolute Gasteiger partial charge is 0.410 e. The van der Waals surface area contributed by atoms with E-state index in [1.54, 1.807) is 0 Å². The number of likely N-dealkylation sites (tertiary alicyclic amines) is 1. The molecule has 24 heavy (non-hydrogen) atoms. The fraction of sp³-hybridized carbons (Fsp3) is 0.556.